The van der Waals surface area contributed by atoms with E-state index >= 15 is 0 Å². The molecule has 1 heterocycles. The third kappa shape index (κ3) is 1.00. The van der Waals surface area contributed by atoms with Gasteiger partial charge >= 0.3 is 5.97 Å². The molecule has 0 radical (unpaired) electrons. The van der Waals surface area contributed by atoms with Crippen LogP contribution in [0.4, 0.5) is 0 Å². The molecule has 1 unspecified atom stereocenters. The number of aliphatic imine (C=N–C) groups is 1. The highest BCUT2D eigenvalue weighted by atomic mass is 16.4. The van der Waals surface area contributed by atoms with Crippen LogP contribution in [0.2, 0.25) is 0 Å². The molecule has 54 valence electrons. The Labute approximate surface area is 58.1 Å². The van der Waals surface area contributed by atoms with Gasteiger partial charge in [-0.25, -0.2) is 4.79 Å². The smallest absolute Gasteiger partial charge is 0.328 e. The van der Waals surface area contributed by atoms with Gasteiger partial charge in [0.15, 0.2) is 6.04 Å². The number of hydrogen-bond donors (Lipinski definition) is 2. The van der Waals surface area contributed by atoms with Gasteiger partial charge in [0.2, 0.25) is 0 Å². The summed E-state index contributed by atoms with van der Waals surface area (Å²) in [4.78, 5) is 14.0. The maximum atomic E-state index is 10.3. The average Bonchev–Trinajstić information content (AvgIpc) is 2.13. The molecule has 3 N–H and O–H groups in total. The lowest BCUT2D eigenvalue weighted by molar-refractivity contribution is -0.138. The van der Waals surface area contributed by atoms with Crippen molar-refractivity contribution in [2.75, 3.05) is 0 Å². The van der Waals surface area contributed by atoms with Gasteiger partial charge in [0, 0.05) is 6.42 Å². The summed E-state index contributed by atoms with van der Waals surface area (Å²) in [5, 5.41) is 8.45. The third-order valence-electron chi connectivity index (χ3n) is 1.38. The molecule has 0 fully saturated rings. The molecule has 0 bridgehead atoms. The van der Waals surface area contributed by atoms with Crippen LogP contribution in [0.1, 0.15) is 6.42 Å². The fourth-order valence-corrected chi connectivity index (χ4v) is 0.785. The second-order valence-corrected chi connectivity index (χ2v) is 2.18. The molecular weight excluding hydrogens is 132 g/mol. The number of carbonyl (C=O) groups is 1. The molecule has 10 heavy (non-hydrogen) atoms. The van der Waals surface area contributed by atoms with Crippen molar-refractivity contribution in [1.82, 2.24) is 0 Å². The van der Waals surface area contributed by atoms with E-state index in [1.54, 1.807) is 0 Å². The highest BCUT2D eigenvalue weighted by molar-refractivity contribution is 6.01. The van der Waals surface area contributed by atoms with Gasteiger partial charge in [-0.05, 0) is 5.57 Å². The molecule has 4 nitrogen and oxygen atoms in total. The number of hydrogen-bond acceptors (Lipinski definition) is 3. The average molecular weight is 140 g/mol. The first-order valence-electron chi connectivity index (χ1n) is 2.85. The first kappa shape index (κ1) is 6.80. The molecule has 0 aromatic rings. The van der Waals surface area contributed by atoms with Crippen molar-refractivity contribution < 1.29 is 9.90 Å². The number of aliphatic carboxylic acids is 1. The molecular formula is C6H8N2O2. The van der Waals surface area contributed by atoms with Gasteiger partial charge in [-0.3, -0.25) is 4.99 Å². The van der Waals surface area contributed by atoms with E-state index in [4.69, 9.17) is 10.8 Å². The number of amidine groups is 1. The van der Waals surface area contributed by atoms with E-state index < -0.39 is 12.0 Å². The van der Waals surface area contributed by atoms with Crippen molar-refractivity contribution in [3.8, 4) is 0 Å². The summed E-state index contributed by atoms with van der Waals surface area (Å²) in [6.07, 6.45) is 0.348. The van der Waals surface area contributed by atoms with Crippen LogP contribution in [0.5, 0.6) is 0 Å². The third-order valence-corrected chi connectivity index (χ3v) is 1.38. The Balaban J connectivity index is 2.74. The Bertz CT molecular complexity index is 220. The monoisotopic (exact) mass is 140 g/mol. The summed E-state index contributed by atoms with van der Waals surface area (Å²) in [6.45, 7) is 3.55. The van der Waals surface area contributed by atoms with E-state index in [1.807, 2.05) is 0 Å². The van der Waals surface area contributed by atoms with Gasteiger partial charge < -0.3 is 10.8 Å². The zero-order valence-electron chi connectivity index (χ0n) is 5.37. The quantitative estimate of drug-likeness (QED) is 0.527. The molecule has 1 aliphatic rings. The van der Waals surface area contributed by atoms with Crippen LogP contribution in [0.25, 0.3) is 0 Å². The Morgan fingerprint density at radius 2 is 2.50 bits per heavy atom. The number of carboxylic acid groups (broad SMARTS) is 1. The van der Waals surface area contributed by atoms with Crippen molar-refractivity contribution in [1.29, 1.82) is 0 Å². The predicted octanol–water partition coefficient (Wildman–Crippen LogP) is -0.243. The number of rotatable bonds is 1. The Morgan fingerprint density at radius 3 is 2.70 bits per heavy atom. The molecule has 0 saturated heterocycles. The Kier molecular flexibility index (Phi) is 1.45. The van der Waals surface area contributed by atoms with Gasteiger partial charge in [0.25, 0.3) is 0 Å². The van der Waals surface area contributed by atoms with E-state index in [-0.39, 0.29) is 5.84 Å². The summed E-state index contributed by atoms with van der Waals surface area (Å²) in [7, 11) is 0. The maximum absolute atomic E-state index is 10.3. The van der Waals surface area contributed by atoms with Crippen LogP contribution in [0.3, 0.4) is 0 Å². The Hall–Kier alpha value is -1.32. The number of carboxylic acids is 1. The summed E-state index contributed by atoms with van der Waals surface area (Å²) < 4.78 is 0. The van der Waals surface area contributed by atoms with Crippen LogP contribution < -0.4 is 5.73 Å². The molecule has 1 aliphatic heterocycles. The standard InChI is InChI=1S/C6H8N2O2/c1-3-2-4(6(9)10)8-5(3)7/h4H,1-2H2,(H2,7,8)(H,9,10). The van der Waals surface area contributed by atoms with E-state index in [0.717, 1.165) is 0 Å². The molecule has 1 rings (SSSR count). The molecule has 1 atom stereocenters. The molecule has 0 spiro atoms. The fourth-order valence-electron chi connectivity index (χ4n) is 0.785. The van der Waals surface area contributed by atoms with Crippen LogP contribution in [0, 0.1) is 0 Å². The fraction of sp³-hybridized carbons (Fsp3) is 0.333. The first-order valence-corrected chi connectivity index (χ1v) is 2.85. The maximum Gasteiger partial charge on any atom is 0.328 e. The zero-order valence-corrected chi connectivity index (χ0v) is 5.37. The van der Waals surface area contributed by atoms with E-state index in [9.17, 15) is 4.79 Å². The molecule has 0 aliphatic carbocycles. The largest absolute Gasteiger partial charge is 0.480 e. The second kappa shape index (κ2) is 2.13. The van der Waals surface area contributed by atoms with E-state index in [0.29, 0.717) is 12.0 Å². The van der Waals surface area contributed by atoms with Gasteiger partial charge in [0.1, 0.15) is 5.84 Å². The zero-order chi connectivity index (χ0) is 7.72. The minimum absolute atomic E-state index is 0.271. The summed E-state index contributed by atoms with van der Waals surface area (Å²) in [5.74, 6) is -0.672. The molecule has 0 amide bonds. The minimum Gasteiger partial charge on any atom is -0.480 e. The van der Waals surface area contributed by atoms with Crippen molar-refractivity contribution >= 4 is 11.8 Å². The number of nitrogens with two attached hydrogens (primary N) is 1. The van der Waals surface area contributed by atoms with Crippen LogP contribution in [-0.4, -0.2) is 23.0 Å². The predicted molar refractivity (Wildman–Crippen MR) is 36.8 cm³/mol. The minimum atomic E-state index is -0.943. The summed E-state index contributed by atoms with van der Waals surface area (Å²) in [6, 6.07) is -0.701. The number of nitrogens with zero attached hydrogens (tertiary/aromatic N) is 1. The summed E-state index contributed by atoms with van der Waals surface area (Å²) in [5.41, 5.74) is 5.91. The van der Waals surface area contributed by atoms with E-state index in [1.165, 1.54) is 0 Å². The van der Waals surface area contributed by atoms with E-state index in [2.05, 4.69) is 11.6 Å². The van der Waals surface area contributed by atoms with Crippen molar-refractivity contribution in [3.63, 3.8) is 0 Å². The topological polar surface area (TPSA) is 75.7 Å². The van der Waals surface area contributed by atoms with Crippen LogP contribution in [0.15, 0.2) is 17.1 Å². The highest BCUT2D eigenvalue weighted by Gasteiger charge is 2.24. The lowest BCUT2D eigenvalue weighted by Crippen LogP contribution is -2.14. The van der Waals surface area contributed by atoms with Crippen molar-refractivity contribution in [2.45, 2.75) is 12.5 Å². The van der Waals surface area contributed by atoms with Crippen LogP contribution in [-0.2, 0) is 4.79 Å². The van der Waals surface area contributed by atoms with Crippen molar-refractivity contribution in [2.24, 2.45) is 10.7 Å². The normalized spacial score (nSPS) is 24.6. The Morgan fingerprint density at radius 1 is 1.90 bits per heavy atom. The molecule has 0 aromatic carbocycles. The molecule has 0 aromatic heterocycles. The molecule has 0 saturated carbocycles. The SMILES string of the molecule is C=C1CC(C(=O)O)N=C1N. The van der Waals surface area contributed by atoms with Crippen molar-refractivity contribution in [3.05, 3.63) is 12.2 Å². The molecule has 4 heteroatoms. The first-order chi connectivity index (χ1) is 4.61. The lowest BCUT2D eigenvalue weighted by Gasteiger charge is -1.95. The van der Waals surface area contributed by atoms with Gasteiger partial charge in [-0.1, -0.05) is 6.58 Å². The summed E-state index contributed by atoms with van der Waals surface area (Å²) >= 11 is 0. The van der Waals surface area contributed by atoms with Gasteiger partial charge in [-0.2, -0.15) is 0 Å². The van der Waals surface area contributed by atoms with Gasteiger partial charge in [0.05, 0.1) is 0 Å². The lowest BCUT2D eigenvalue weighted by atomic mass is 10.1. The van der Waals surface area contributed by atoms with Crippen LogP contribution >= 0.6 is 0 Å². The van der Waals surface area contributed by atoms with Gasteiger partial charge in [-0.15, -0.1) is 0 Å². The second-order valence-electron chi connectivity index (χ2n) is 2.18. The highest BCUT2D eigenvalue weighted by Crippen LogP contribution is 2.14.